The normalized spacial score (nSPS) is 12.8. The molecule has 0 aliphatic heterocycles. The Balaban J connectivity index is 2.94. The molecule has 1 atom stereocenters. The van der Waals surface area contributed by atoms with Gasteiger partial charge in [-0.2, -0.15) is 5.10 Å². The third kappa shape index (κ3) is 3.22. The topological polar surface area (TPSA) is 67.2 Å². The van der Waals surface area contributed by atoms with E-state index in [1.165, 1.54) is 0 Å². The Hall–Kier alpha value is -1.52. The second-order valence-corrected chi connectivity index (χ2v) is 4.91. The molecule has 1 aromatic rings. The third-order valence-electron chi connectivity index (χ3n) is 2.64. The maximum Gasteiger partial charge on any atom is 0.341 e. The van der Waals surface area contributed by atoms with E-state index >= 15 is 0 Å². The monoisotopic (exact) mass is 239 g/mol. The van der Waals surface area contributed by atoms with Gasteiger partial charge in [-0.05, 0) is 26.2 Å². The van der Waals surface area contributed by atoms with Crippen molar-refractivity contribution in [1.29, 1.82) is 0 Å². The van der Waals surface area contributed by atoms with Gasteiger partial charge in [-0.3, -0.25) is 4.68 Å². The minimum Gasteiger partial charge on any atom is -0.477 e. The van der Waals surface area contributed by atoms with Crippen molar-refractivity contribution in [3.05, 3.63) is 11.3 Å². The van der Waals surface area contributed by atoms with Gasteiger partial charge in [0.15, 0.2) is 0 Å². The van der Waals surface area contributed by atoms with Crippen molar-refractivity contribution in [3.8, 4) is 0 Å². The average Bonchev–Trinajstić information content (AvgIpc) is 2.39. The van der Waals surface area contributed by atoms with Crippen LogP contribution in [0.4, 0.5) is 5.82 Å². The lowest BCUT2D eigenvalue weighted by Gasteiger charge is -2.17. The van der Waals surface area contributed by atoms with Gasteiger partial charge < -0.3 is 10.4 Å². The first-order chi connectivity index (χ1) is 7.82. The molecule has 1 heterocycles. The maximum atomic E-state index is 11.2. The zero-order chi connectivity index (χ0) is 13.2. The van der Waals surface area contributed by atoms with Crippen LogP contribution in [0.3, 0.4) is 0 Å². The number of carbonyl (C=O) groups is 1. The van der Waals surface area contributed by atoms with Gasteiger partial charge in [0.25, 0.3) is 0 Å². The van der Waals surface area contributed by atoms with Crippen LogP contribution in [-0.4, -0.2) is 26.9 Å². The lowest BCUT2D eigenvalue weighted by molar-refractivity contribution is 0.0697. The first-order valence-corrected chi connectivity index (χ1v) is 5.86. The van der Waals surface area contributed by atoms with Crippen molar-refractivity contribution in [2.24, 2.45) is 13.0 Å². The summed E-state index contributed by atoms with van der Waals surface area (Å²) in [4.78, 5) is 11.2. The molecule has 0 fully saturated rings. The highest BCUT2D eigenvalue weighted by molar-refractivity contribution is 5.94. The minimum atomic E-state index is -0.935. The Morgan fingerprint density at radius 3 is 2.53 bits per heavy atom. The van der Waals surface area contributed by atoms with Crippen molar-refractivity contribution in [2.45, 2.75) is 40.2 Å². The molecule has 5 nitrogen and oxygen atoms in total. The van der Waals surface area contributed by atoms with E-state index in [0.717, 1.165) is 6.42 Å². The molecule has 17 heavy (non-hydrogen) atoms. The summed E-state index contributed by atoms with van der Waals surface area (Å²) in [6, 6.07) is 0.225. The smallest absolute Gasteiger partial charge is 0.341 e. The summed E-state index contributed by atoms with van der Waals surface area (Å²) < 4.78 is 1.59. The molecule has 0 aliphatic rings. The molecular weight excluding hydrogens is 218 g/mol. The molecule has 96 valence electrons. The molecule has 0 bridgehead atoms. The number of aromatic carboxylic acids is 1. The quantitative estimate of drug-likeness (QED) is 0.827. The van der Waals surface area contributed by atoms with Gasteiger partial charge in [-0.25, -0.2) is 4.79 Å². The van der Waals surface area contributed by atoms with E-state index < -0.39 is 5.97 Å². The summed E-state index contributed by atoms with van der Waals surface area (Å²) >= 11 is 0. The second kappa shape index (κ2) is 5.21. The van der Waals surface area contributed by atoms with Gasteiger partial charge in [0, 0.05) is 13.1 Å². The van der Waals surface area contributed by atoms with Gasteiger partial charge in [0.2, 0.25) is 0 Å². The molecule has 0 aromatic carbocycles. The van der Waals surface area contributed by atoms with E-state index in [2.05, 4.69) is 24.3 Å². The van der Waals surface area contributed by atoms with Crippen LogP contribution in [0.2, 0.25) is 0 Å². The fourth-order valence-electron chi connectivity index (χ4n) is 2.08. The number of aromatic nitrogens is 2. The molecule has 0 saturated heterocycles. The SMILES string of the molecule is Cc1nn(C)c(NC(C)CC(C)C)c1C(=O)O. The second-order valence-electron chi connectivity index (χ2n) is 4.91. The average molecular weight is 239 g/mol. The minimum absolute atomic E-state index is 0.225. The molecule has 1 rings (SSSR count). The summed E-state index contributed by atoms with van der Waals surface area (Å²) in [5, 5.41) is 16.5. The highest BCUT2D eigenvalue weighted by atomic mass is 16.4. The number of aryl methyl sites for hydroxylation is 2. The lowest BCUT2D eigenvalue weighted by atomic mass is 10.1. The molecule has 1 aromatic heterocycles. The first-order valence-electron chi connectivity index (χ1n) is 5.86. The van der Waals surface area contributed by atoms with Crippen LogP contribution in [0.15, 0.2) is 0 Å². The number of rotatable bonds is 5. The van der Waals surface area contributed by atoms with Gasteiger partial charge >= 0.3 is 5.97 Å². The highest BCUT2D eigenvalue weighted by Gasteiger charge is 2.20. The Morgan fingerprint density at radius 2 is 2.06 bits per heavy atom. The number of nitrogens with one attached hydrogen (secondary N) is 1. The van der Waals surface area contributed by atoms with E-state index in [1.807, 2.05) is 6.92 Å². The number of hydrogen-bond donors (Lipinski definition) is 2. The number of carboxylic acid groups (broad SMARTS) is 1. The van der Waals surface area contributed by atoms with Crippen molar-refractivity contribution in [2.75, 3.05) is 5.32 Å². The molecule has 1 unspecified atom stereocenters. The third-order valence-corrected chi connectivity index (χ3v) is 2.64. The van der Waals surface area contributed by atoms with Crippen LogP contribution in [0.5, 0.6) is 0 Å². The Morgan fingerprint density at radius 1 is 1.47 bits per heavy atom. The van der Waals surface area contributed by atoms with Gasteiger partial charge in [-0.15, -0.1) is 0 Å². The van der Waals surface area contributed by atoms with Crippen LogP contribution in [0.1, 0.15) is 43.2 Å². The highest BCUT2D eigenvalue weighted by Crippen LogP contribution is 2.20. The number of nitrogens with zero attached hydrogens (tertiary/aromatic N) is 2. The fraction of sp³-hybridized carbons (Fsp3) is 0.667. The largest absolute Gasteiger partial charge is 0.477 e. The summed E-state index contributed by atoms with van der Waals surface area (Å²) in [6.45, 7) is 8.05. The van der Waals surface area contributed by atoms with E-state index in [-0.39, 0.29) is 11.6 Å². The summed E-state index contributed by atoms with van der Waals surface area (Å²) in [5.41, 5.74) is 0.808. The van der Waals surface area contributed by atoms with Crippen LogP contribution in [-0.2, 0) is 7.05 Å². The molecule has 0 radical (unpaired) electrons. The van der Waals surface area contributed by atoms with Crippen LogP contribution < -0.4 is 5.32 Å². The van der Waals surface area contributed by atoms with E-state index in [4.69, 9.17) is 5.11 Å². The van der Waals surface area contributed by atoms with Crippen LogP contribution in [0, 0.1) is 12.8 Å². The van der Waals surface area contributed by atoms with Gasteiger partial charge in [0.05, 0.1) is 5.69 Å². The summed E-state index contributed by atoms with van der Waals surface area (Å²) in [7, 11) is 1.75. The predicted molar refractivity (Wildman–Crippen MR) is 67.4 cm³/mol. The van der Waals surface area contributed by atoms with E-state index in [1.54, 1.807) is 18.7 Å². The van der Waals surface area contributed by atoms with Gasteiger partial charge in [0.1, 0.15) is 11.4 Å². The molecular formula is C12H21N3O2. The molecule has 0 amide bonds. The van der Waals surface area contributed by atoms with Crippen molar-refractivity contribution in [1.82, 2.24) is 9.78 Å². The number of hydrogen-bond acceptors (Lipinski definition) is 3. The zero-order valence-electron chi connectivity index (χ0n) is 11.1. The summed E-state index contributed by atoms with van der Waals surface area (Å²) in [6.07, 6.45) is 0.989. The molecule has 0 saturated carbocycles. The zero-order valence-corrected chi connectivity index (χ0v) is 11.1. The Bertz CT molecular complexity index is 410. The molecule has 0 spiro atoms. The van der Waals surface area contributed by atoms with Crippen LogP contribution >= 0.6 is 0 Å². The standard InChI is InChI=1S/C12H21N3O2/c1-7(2)6-8(3)13-11-10(12(16)17)9(4)14-15(11)5/h7-8,13H,6H2,1-5H3,(H,16,17). The predicted octanol–water partition coefficient (Wildman–Crippen LogP) is 2.27. The van der Waals surface area contributed by atoms with E-state index in [9.17, 15) is 4.79 Å². The van der Waals surface area contributed by atoms with E-state index in [0.29, 0.717) is 17.4 Å². The lowest BCUT2D eigenvalue weighted by Crippen LogP contribution is -2.21. The van der Waals surface area contributed by atoms with Crippen molar-refractivity contribution in [3.63, 3.8) is 0 Å². The molecule has 0 aliphatic carbocycles. The Labute approximate surface area is 102 Å². The molecule has 2 N–H and O–H groups in total. The maximum absolute atomic E-state index is 11.2. The van der Waals surface area contributed by atoms with Gasteiger partial charge in [-0.1, -0.05) is 13.8 Å². The van der Waals surface area contributed by atoms with Crippen molar-refractivity contribution >= 4 is 11.8 Å². The first kappa shape index (κ1) is 13.5. The van der Waals surface area contributed by atoms with Crippen LogP contribution in [0.25, 0.3) is 0 Å². The number of anilines is 1. The number of carboxylic acids is 1. The Kier molecular flexibility index (Phi) is 4.15. The summed E-state index contributed by atoms with van der Waals surface area (Å²) in [5.74, 6) is 0.220. The fourth-order valence-corrected chi connectivity index (χ4v) is 2.08. The van der Waals surface area contributed by atoms with Crippen molar-refractivity contribution < 1.29 is 9.90 Å². The molecule has 5 heteroatoms.